The summed E-state index contributed by atoms with van der Waals surface area (Å²) in [6, 6.07) is 14.7. The maximum absolute atomic E-state index is 13.8. The van der Waals surface area contributed by atoms with Crippen molar-refractivity contribution in [3.8, 4) is 0 Å². The highest BCUT2D eigenvalue weighted by Crippen LogP contribution is 2.43. The number of nitrogens with zero attached hydrogens (tertiary/aromatic N) is 2. The first-order chi connectivity index (χ1) is 13.9. The molecule has 4 rings (SSSR count). The molecule has 2 fully saturated rings. The van der Waals surface area contributed by atoms with Gasteiger partial charge in [0.25, 0.3) is 0 Å². The quantitative estimate of drug-likeness (QED) is 0.769. The number of carbonyl (C=O) groups is 1. The molecule has 7 heteroatoms. The van der Waals surface area contributed by atoms with Crippen LogP contribution in [0.4, 0.5) is 4.39 Å². The van der Waals surface area contributed by atoms with Gasteiger partial charge in [-0.15, -0.1) is 0 Å². The zero-order valence-electron chi connectivity index (χ0n) is 16.3. The molecule has 0 spiro atoms. The summed E-state index contributed by atoms with van der Waals surface area (Å²) in [4.78, 5) is 15.5. The predicted molar refractivity (Wildman–Crippen MR) is 108 cm³/mol. The molecule has 1 saturated carbocycles. The summed E-state index contributed by atoms with van der Waals surface area (Å²) in [5, 5.41) is 0. The van der Waals surface area contributed by atoms with E-state index in [4.69, 9.17) is 0 Å². The van der Waals surface area contributed by atoms with E-state index in [1.54, 1.807) is 41.3 Å². The monoisotopic (exact) mass is 416 g/mol. The van der Waals surface area contributed by atoms with Gasteiger partial charge >= 0.3 is 0 Å². The summed E-state index contributed by atoms with van der Waals surface area (Å²) >= 11 is 0. The van der Waals surface area contributed by atoms with E-state index in [-0.39, 0.29) is 29.7 Å². The number of amides is 1. The standard InChI is InChI=1S/C22H25FN2O3S/c23-19-8-6-7-18(17-19)22(11-4-5-12-22)21(26)24-13-15-25(16-14-24)29(27,28)20-9-2-1-3-10-20/h1-3,6-10,17H,4-5,11-16H2. The van der Waals surface area contributed by atoms with Gasteiger partial charge < -0.3 is 4.90 Å². The van der Waals surface area contributed by atoms with E-state index in [9.17, 15) is 17.6 Å². The highest BCUT2D eigenvalue weighted by Gasteiger charge is 2.46. The minimum Gasteiger partial charge on any atom is -0.339 e. The van der Waals surface area contributed by atoms with Gasteiger partial charge in [-0.05, 0) is 42.7 Å². The van der Waals surface area contributed by atoms with Gasteiger partial charge in [0.05, 0.1) is 10.3 Å². The van der Waals surface area contributed by atoms with Gasteiger partial charge in [-0.1, -0.05) is 43.2 Å². The Balaban J connectivity index is 1.51. The minimum absolute atomic E-state index is 0.00245. The molecule has 1 saturated heterocycles. The van der Waals surface area contributed by atoms with E-state index in [0.717, 1.165) is 18.4 Å². The van der Waals surface area contributed by atoms with Gasteiger partial charge in [0.1, 0.15) is 5.82 Å². The first kappa shape index (κ1) is 20.0. The zero-order chi connectivity index (χ0) is 20.5. The van der Waals surface area contributed by atoms with Crippen LogP contribution in [0.2, 0.25) is 0 Å². The Kier molecular flexibility index (Phi) is 5.44. The van der Waals surface area contributed by atoms with Crippen molar-refractivity contribution in [2.75, 3.05) is 26.2 Å². The molecular weight excluding hydrogens is 391 g/mol. The first-order valence-electron chi connectivity index (χ1n) is 10.0. The fourth-order valence-electron chi connectivity index (χ4n) is 4.57. The zero-order valence-corrected chi connectivity index (χ0v) is 17.1. The molecule has 1 amide bonds. The molecule has 0 N–H and O–H groups in total. The third kappa shape index (κ3) is 3.69. The number of hydrogen-bond acceptors (Lipinski definition) is 3. The highest BCUT2D eigenvalue weighted by molar-refractivity contribution is 7.89. The van der Waals surface area contributed by atoms with Crippen LogP contribution in [0.3, 0.4) is 0 Å². The lowest BCUT2D eigenvalue weighted by Gasteiger charge is -2.39. The Bertz CT molecular complexity index is 980. The smallest absolute Gasteiger partial charge is 0.243 e. The average Bonchev–Trinajstić information content (AvgIpc) is 3.25. The van der Waals surface area contributed by atoms with Crippen molar-refractivity contribution in [1.29, 1.82) is 0 Å². The van der Waals surface area contributed by atoms with Crippen molar-refractivity contribution in [3.63, 3.8) is 0 Å². The van der Waals surface area contributed by atoms with Gasteiger partial charge in [-0.2, -0.15) is 4.31 Å². The maximum atomic E-state index is 13.8. The fourth-order valence-corrected chi connectivity index (χ4v) is 6.01. The first-order valence-corrected chi connectivity index (χ1v) is 11.5. The maximum Gasteiger partial charge on any atom is 0.243 e. The van der Waals surface area contributed by atoms with Crippen molar-refractivity contribution in [3.05, 3.63) is 66.0 Å². The lowest BCUT2D eigenvalue weighted by Crippen LogP contribution is -2.55. The third-order valence-corrected chi connectivity index (χ3v) is 8.06. The van der Waals surface area contributed by atoms with Crippen LogP contribution in [-0.2, 0) is 20.2 Å². The molecule has 1 aliphatic carbocycles. The summed E-state index contributed by atoms with van der Waals surface area (Å²) in [5.41, 5.74) is 0.0436. The average molecular weight is 417 g/mol. The fraction of sp³-hybridized carbons (Fsp3) is 0.409. The summed E-state index contributed by atoms with van der Waals surface area (Å²) in [6.07, 6.45) is 3.28. The summed E-state index contributed by atoms with van der Waals surface area (Å²) in [7, 11) is -3.56. The number of benzene rings is 2. The van der Waals surface area contributed by atoms with Crippen LogP contribution >= 0.6 is 0 Å². The SMILES string of the molecule is O=C(N1CCN(S(=O)(=O)c2ccccc2)CC1)C1(c2cccc(F)c2)CCCC1. The van der Waals surface area contributed by atoms with Crippen LogP contribution in [-0.4, -0.2) is 49.7 Å². The second kappa shape index (κ2) is 7.88. The Hall–Kier alpha value is -2.25. The van der Waals surface area contributed by atoms with E-state index in [1.807, 2.05) is 6.07 Å². The molecule has 2 aromatic carbocycles. The molecule has 0 aromatic heterocycles. The van der Waals surface area contributed by atoms with Gasteiger partial charge in [-0.25, -0.2) is 12.8 Å². The lowest BCUT2D eigenvalue weighted by atomic mass is 9.77. The number of sulfonamides is 1. The second-order valence-corrected chi connectivity index (χ2v) is 9.75. The topological polar surface area (TPSA) is 57.7 Å². The molecule has 5 nitrogen and oxygen atoms in total. The van der Waals surface area contributed by atoms with Crippen molar-refractivity contribution in [1.82, 2.24) is 9.21 Å². The summed E-state index contributed by atoms with van der Waals surface area (Å²) in [5.74, 6) is -0.335. The molecule has 2 aromatic rings. The van der Waals surface area contributed by atoms with Crippen LogP contribution in [0, 0.1) is 5.82 Å². The summed E-state index contributed by atoms with van der Waals surface area (Å²) in [6.45, 7) is 1.23. The molecule has 2 aliphatic rings. The highest BCUT2D eigenvalue weighted by atomic mass is 32.2. The van der Waals surface area contributed by atoms with Crippen molar-refractivity contribution >= 4 is 15.9 Å². The van der Waals surface area contributed by atoms with E-state index >= 15 is 0 Å². The largest absolute Gasteiger partial charge is 0.339 e. The second-order valence-electron chi connectivity index (χ2n) is 7.81. The molecule has 0 unspecified atom stereocenters. The van der Waals surface area contributed by atoms with E-state index < -0.39 is 15.4 Å². The van der Waals surface area contributed by atoms with Crippen LogP contribution in [0.15, 0.2) is 59.5 Å². The molecular formula is C22H25FN2O3S. The predicted octanol–water partition coefficient (Wildman–Crippen LogP) is 3.17. The number of hydrogen-bond donors (Lipinski definition) is 0. The molecule has 0 radical (unpaired) electrons. The van der Waals surface area contributed by atoms with E-state index in [1.165, 1.54) is 16.4 Å². The summed E-state index contributed by atoms with van der Waals surface area (Å²) < 4.78 is 40.9. The molecule has 0 atom stereocenters. The molecule has 1 aliphatic heterocycles. The molecule has 1 heterocycles. The molecule has 29 heavy (non-hydrogen) atoms. The van der Waals surface area contributed by atoms with Gasteiger partial charge in [0, 0.05) is 26.2 Å². The van der Waals surface area contributed by atoms with Crippen LogP contribution in [0.25, 0.3) is 0 Å². The van der Waals surface area contributed by atoms with E-state index in [2.05, 4.69) is 0 Å². The third-order valence-electron chi connectivity index (χ3n) is 6.15. The van der Waals surface area contributed by atoms with E-state index in [0.29, 0.717) is 25.9 Å². The molecule has 0 bridgehead atoms. The van der Waals surface area contributed by atoms with Crippen LogP contribution in [0.5, 0.6) is 0 Å². The van der Waals surface area contributed by atoms with Gasteiger partial charge in [0.15, 0.2) is 0 Å². The number of rotatable bonds is 4. The van der Waals surface area contributed by atoms with Crippen LogP contribution in [0.1, 0.15) is 31.2 Å². The molecule has 154 valence electrons. The number of piperazine rings is 1. The minimum atomic E-state index is -3.56. The number of halogens is 1. The number of carbonyl (C=O) groups excluding carboxylic acids is 1. The van der Waals surface area contributed by atoms with Gasteiger partial charge in [0.2, 0.25) is 15.9 Å². The Morgan fingerprint density at radius 2 is 1.55 bits per heavy atom. The Morgan fingerprint density at radius 1 is 0.897 bits per heavy atom. The normalized spacial score (nSPS) is 20.0. The van der Waals surface area contributed by atoms with Gasteiger partial charge in [-0.3, -0.25) is 4.79 Å². The lowest BCUT2D eigenvalue weighted by molar-refractivity contribution is -0.138. The van der Waals surface area contributed by atoms with Crippen molar-refractivity contribution < 1.29 is 17.6 Å². The Labute approximate surface area is 171 Å². The van der Waals surface area contributed by atoms with Crippen molar-refractivity contribution in [2.45, 2.75) is 36.0 Å². The van der Waals surface area contributed by atoms with Crippen molar-refractivity contribution in [2.24, 2.45) is 0 Å². The van der Waals surface area contributed by atoms with Crippen LogP contribution < -0.4 is 0 Å². The Morgan fingerprint density at radius 3 is 2.17 bits per heavy atom.